The lowest BCUT2D eigenvalue weighted by Gasteiger charge is -2.08. The van der Waals surface area contributed by atoms with E-state index in [1.165, 1.54) is 0 Å². The summed E-state index contributed by atoms with van der Waals surface area (Å²) < 4.78 is 11.9. The number of methoxy groups -OCH3 is 1. The first-order chi connectivity index (χ1) is 13.0. The normalized spacial score (nSPS) is 10.5. The average Bonchev–Trinajstić information content (AvgIpc) is 3.06. The van der Waals surface area contributed by atoms with Crippen LogP contribution in [-0.4, -0.2) is 41.1 Å². The molecule has 0 atom stereocenters. The van der Waals surface area contributed by atoms with Crippen LogP contribution in [0, 0.1) is 11.3 Å². The van der Waals surface area contributed by atoms with E-state index in [-0.39, 0.29) is 29.6 Å². The van der Waals surface area contributed by atoms with Crippen molar-refractivity contribution in [2.75, 3.05) is 20.3 Å². The Morgan fingerprint density at radius 2 is 2.04 bits per heavy atom. The number of carbonyl (C=O) groups is 1. The average molecular weight is 445 g/mol. The van der Waals surface area contributed by atoms with Gasteiger partial charge in [-0.2, -0.15) is 10.4 Å². The predicted molar refractivity (Wildman–Crippen MR) is 111 cm³/mol. The zero-order chi connectivity index (χ0) is 19.4. The molecule has 2 aromatic heterocycles. The molecule has 28 heavy (non-hydrogen) atoms. The van der Waals surface area contributed by atoms with Crippen molar-refractivity contribution in [1.82, 2.24) is 14.8 Å². The van der Waals surface area contributed by atoms with Gasteiger partial charge in [0.25, 0.3) is 0 Å². The van der Waals surface area contributed by atoms with Gasteiger partial charge in [0.1, 0.15) is 12.7 Å². The zero-order valence-electron chi connectivity index (χ0n) is 15.9. The molecule has 0 aliphatic rings. The van der Waals surface area contributed by atoms with Crippen molar-refractivity contribution in [1.29, 1.82) is 5.26 Å². The third-order valence-corrected chi connectivity index (χ3v) is 4.11. The fourth-order valence-corrected chi connectivity index (χ4v) is 2.79. The van der Waals surface area contributed by atoms with Crippen LogP contribution in [0.2, 0.25) is 0 Å². The summed E-state index contributed by atoms with van der Waals surface area (Å²) in [6.07, 6.45) is 1.56. The highest BCUT2D eigenvalue weighted by Crippen LogP contribution is 2.27. The summed E-state index contributed by atoms with van der Waals surface area (Å²) in [6, 6.07) is 11.3. The summed E-state index contributed by atoms with van der Waals surface area (Å²) in [7, 11) is 1.55. The van der Waals surface area contributed by atoms with Gasteiger partial charge in [-0.05, 0) is 38.1 Å². The summed E-state index contributed by atoms with van der Waals surface area (Å²) in [5.41, 5.74) is 3.10. The summed E-state index contributed by atoms with van der Waals surface area (Å²) in [5.74, 6) is -0.429. The van der Waals surface area contributed by atoms with Crippen LogP contribution >= 0.6 is 17.0 Å². The first-order valence-electron chi connectivity index (χ1n) is 8.60. The van der Waals surface area contributed by atoms with Gasteiger partial charge in [-0.1, -0.05) is 6.07 Å². The molecule has 8 heteroatoms. The number of carbonyl (C=O) groups excluding carboxylic acids is 1. The Bertz CT molecular complexity index is 1020. The molecule has 0 saturated carbocycles. The minimum absolute atomic E-state index is 0. The van der Waals surface area contributed by atoms with Crippen molar-refractivity contribution in [3.63, 3.8) is 0 Å². The maximum Gasteiger partial charge on any atom is 0.338 e. The van der Waals surface area contributed by atoms with Crippen LogP contribution in [-0.2, 0) is 9.47 Å². The van der Waals surface area contributed by atoms with Crippen molar-refractivity contribution in [2.24, 2.45) is 0 Å². The number of halogens is 1. The molecule has 0 N–H and O–H groups in total. The number of pyridine rings is 1. The largest absolute Gasteiger partial charge is 0.460 e. The molecule has 0 bridgehead atoms. The molecule has 1 aromatic carbocycles. The number of hydrogen-bond acceptors (Lipinski definition) is 6. The van der Waals surface area contributed by atoms with Gasteiger partial charge in [0.2, 0.25) is 0 Å². The maximum absolute atomic E-state index is 12.1. The highest BCUT2D eigenvalue weighted by atomic mass is 79.9. The highest BCUT2D eigenvalue weighted by molar-refractivity contribution is 8.93. The second-order valence-corrected chi connectivity index (χ2v) is 6.29. The van der Waals surface area contributed by atoms with E-state index in [9.17, 15) is 10.1 Å². The van der Waals surface area contributed by atoms with Gasteiger partial charge in [-0.25, -0.2) is 4.79 Å². The summed E-state index contributed by atoms with van der Waals surface area (Å²) in [5, 5.41) is 14.5. The first-order valence-corrected chi connectivity index (χ1v) is 8.60. The number of nitriles is 1. The SMILES string of the molecule is Br.COCCOC(=O)c1ccnc(-c2ccc3c(c2)c(C#N)nn3C(C)C)c1. The van der Waals surface area contributed by atoms with Gasteiger partial charge in [-0.15, -0.1) is 17.0 Å². The standard InChI is InChI=1S/C20H20N4O3.BrH/c1-13(2)24-19-5-4-14(10-16(19)18(12-21)23-24)17-11-15(6-7-22-17)20(25)27-9-8-26-3;/h4-7,10-11,13H,8-9H2,1-3H3;1H. The van der Waals surface area contributed by atoms with Gasteiger partial charge in [0.05, 0.1) is 23.4 Å². The topological polar surface area (TPSA) is 90.0 Å². The van der Waals surface area contributed by atoms with E-state index in [2.05, 4.69) is 16.2 Å². The van der Waals surface area contributed by atoms with Crippen molar-refractivity contribution in [3.05, 3.63) is 47.8 Å². The molecule has 0 radical (unpaired) electrons. The number of esters is 1. The second-order valence-electron chi connectivity index (χ2n) is 6.29. The highest BCUT2D eigenvalue weighted by Gasteiger charge is 2.15. The van der Waals surface area contributed by atoms with Gasteiger partial charge in [0.15, 0.2) is 5.69 Å². The lowest BCUT2D eigenvalue weighted by Crippen LogP contribution is -2.10. The van der Waals surface area contributed by atoms with Gasteiger partial charge >= 0.3 is 5.97 Å². The van der Waals surface area contributed by atoms with Crippen LogP contribution < -0.4 is 0 Å². The minimum Gasteiger partial charge on any atom is -0.460 e. The molecule has 3 rings (SSSR count). The summed E-state index contributed by atoms with van der Waals surface area (Å²) in [4.78, 5) is 16.5. The quantitative estimate of drug-likeness (QED) is 0.422. The van der Waals surface area contributed by atoms with Crippen LogP contribution in [0.25, 0.3) is 22.2 Å². The van der Waals surface area contributed by atoms with Crippen LogP contribution in [0.1, 0.15) is 35.9 Å². The van der Waals surface area contributed by atoms with Crippen LogP contribution in [0.4, 0.5) is 0 Å². The molecule has 0 amide bonds. The van der Waals surface area contributed by atoms with Crippen molar-refractivity contribution in [2.45, 2.75) is 19.9 Å². The summed E-state index contributed by atoms with van der Waals surface area (Å²) in [6.45, 7) is 4.57. The Hall–Kier alpha value is -2.76. The zero-order valence-corrected chi connectivity index (χ0v) is 17.6. The van der Waals surface area contributed by atoms with Gasteiger partial charge in [0, 0.05) is 30.3 Å². The Kier molecular flexibility index (Phi) is 7.26. The van der Waals surface area contributed by atoms with Gasteiger partial charge < -0.3 is 9.47 Å². The fraction of sp³-hybridized carbons (Fsp3) is 0.300. The van der Waals surface area contributed by atoms with E-state index in [1.54, 1.807) is 25.4 Å². The monoisotopic (exact) mass is 444 g/mol. The molecule has 3 aromatic rings. The van der Waals surface area contributed by atoms with E-state index in [1.807, 2.05) is 36.7 Å². The lowest BCUT2D eigenvalue weighted by molar-refractivity contribution is 0.0388. The molecule has 0 aliphatic heterocycles. The molecule has 146 valence electrons. The molecule has 0 spiro atoms. The van der Waals surface area contributed by atoms with Crippen LogP contribution in [0.15, 0.2) is 36.5 Å². The third-order valence-electron chi connectivity index (χ3n) is 4.11. The number of aromatic nitrogens is 3. The predicted octanol–water partition coefficient (Wildman–Crippen LogP) is 3.93. The number of benzene rings is 1. The molecule has 0 aliphatic carbocycles. The Morgan fingerprint density at radius 1 is 1.25 bits per heavy atom. The van der Waals surface area contributed by atoms with Gasteiger partial charge in [-0.3, -0.25) is 9.67 Å². The maximum atomic E-state index is 12.1. The molecular formula is C20H21BrN4O3. The van der Waals surface area contributed by atoms with E-state index in [0.717, 1.165) is 16.5 Å². The molecule has 0 unspecified atom stereocenters. The number of hydrogen-bond donors (Lipinski definition) is 0. The molecule has 0 saturated heterocycles. The smallest absolute Gasteiger partial charge is 0.338 e. The number of fused-ring (bicyclic) bond motifs is 1. The number of nitrogens with zero attached hydrogens (tertiary/aromatic N) is 4. The Labute approximate surface area is 173 Å². The molecule has 0 fully saturated rings. The minimum atomic E-state index is -0.429. The second kappa shape index (κ2) is 9.44. The van der Waals surface area contributed by atoms with Crippen molar-refractivity contribution >= 4 is 33.9 Å². The van der Waals surface area contributed by atoms with Crippen LogP contribution in [0.3, 0.4) is 0 Å². The van der Waals surface area contributed by atoms with Crippen LogP contribution in [0.5, 0.6) is 0 Å². The lowest BCUT2D eigenvalue weighted by atomic mass is 10.1. The first kappa shape index (κ1) is 21.5. The Morgan fingerprint density at radius 3 is 2.71 bits per heavy atom. The van der Waals surface area contributed by atoms with Crippen molar-refractivity contribution in [3.8, 4) is 17.3 Å². The fourth-order valence-electron chi connectivity index (χ4n) is 2.79. The van der Waals surface area contributed by atoms with E-state index in [0.29, 0.717) is 23.6 Å². The number of ether oxygens (including phenoxy) is 2. The molecule has 7 nitrogen and oxygen atoms in total. The molecular weight excluding hydrogens is 424 g/mol. The van der Waals surface area contributed by atoms with E-state index >= 15 is 0 Å². The van der Waals surface area contributed by atoms with Crippen molar-refractivity contribution < 1.29 is 14.3 Å². The Balaban J connectivity index is 0.00000280. The molecule has 2 heterocycles. The summed E-state index contributed by atoms with van der Waals surface area (Å²) >= 11 is 0. The third kappa shape index (κ3) is 4.38. The number of rotatable bonds is 6. The van der Waals surface area contributed by atoms with E-state index in [4.69, 9.17) is 9.47 Å². The van der Waals surface area contributed by atoms with E-state index < -0.39 is 5.97 Å².